The number of hydrogen-bond donors (Lipinski definition) is 3. The largest absolute Gasteiger partial charge is 0.417 e. The van der Waals surface area contributed by atoms with E-state index in [1.165, 1.54) is 20.8 Å². The number of alkyl halides is 3. The fraction of sp³-hybridized carbons (Fsp3) is 0.708. The van der Waals surface area contributed by atoms with E-state index in [2.05, 4.69) is 5.32 Å². The van der Waals surface area contributed by atoms with Crippen LogP contribution in [0.25, 0.3) is 0 Å². The molecular formula is C24H32ClF3N4O5. The fourth-order valence-corrected chi connectivity index (χ4v) is 5.60. The minimum atomic E-state index is -4.58. The fourth-order valence-electron chi connectivity index (χ4n) is 5.27. The Morgan fingerprint density at radius 2 is 1.95 bits per heavy atom. The molecule has 1 spiro atoms. The molecule has 2 saturated heterocycles. The van der Waals surface area contributed by atoms with Crippen LogP contribution in [-0.4, -0.2) is 106 Å². The van der Waals surface area contributed by atoms with Crippen molar-refractivity contribution in [1.29, 1.82) is 0 Å². The number of likely N-dealkylation sites (tertiary alicyclic amines) is 1. The van der Waals surface area contributed by atoms with Crippen molar-refractivity contribution in [2.24, 2.45) is 5.41 Å². The predicted octanol–water partition coefficient (Wildman–Crippen LogP) is 1.74. The summed E-state index contributed by atoms with van der Waals surface area (Å²) in [5.74, 6) is -0.823. The average molecular weight is 549 g/mol. The number of allylic oxidation sites excluding steroid dienone is 2. The van der Waals surface area contributed by atoms with E-state index in [9.17, 15) is 37.8 Å². The van der Waals surface area contributed by atoms with Crippen molar-refractivity contribution >= 4 is 29.4 Å². The highest BCUT2D eigenvalue weighted by molar-refractivity contribution is 6.30. The second-order valence-corrected chi connectivity index (χ2v) is 10.8. The number of β-amino-alcohol motifs (C(OH)–C–C–N with tert-alkyl or cyclic N) is 1. The lowest BCUT2D eigenvalue weighted by atomic mass is 9.90. The molecule has 13 heteroatoms. The number of aliphatic hydroxyl groups excluding tert-OH is 2. The first-order chi connectivity index (χ1) is 17.3. The average Bonchev–Trinajstić information content (AvgIpc) is 3.61. The molecule has 2 aliphatic carbocycles. The molecule has 2 heterocycles. The quantitative estimate of drug-likeness (QED) is 0.484. The van der Waals surface area contributed by atoms with Gasteiger partial charge in [0.1, 0.15) is 12.1 Å². The molecule has 0 aromatic heterocycles. The van der Waals surface area contributed by atoms with Crippen molar-refractivity contribution in [1.82, 2.24) is 20.0 Å². The highest BCUT2D eigenvalue weighted by Crippen LogP contribution is 2.53. The smallest absolute Gasteiger partial charge is 0.391 e. The number of piperidine rings is 1. The third-order valence-corrected chi connectivity index (χ3v) is 8.31. The van der Waals surface area contributed by atoms with E-state index in [0.29, 0.717) is 6.54 Å². The minimum absolute atomic E-state index is 0.0282. The van der Waals surface area contributed by atoms with E-state index in [-0.39, 0.29) is 50.3 Å². The first-order valence-electron chi connectivity index (χ1n) is 12.5. The molecule has 9 nitrogen and oxygen atoms in total. The van der Waals surface area contributed by atoms with Crippen LogP contribution in [0.15, 0.2) is 22.8 Å². The van der Waals surface area contributed by atoms with Gasteiger partial charge in [0.25, 0.3) is 5.91 Å². The number of rotatable bonds is 5. The Morgan fingerprint density at radius 3 is 2.54 bits per heavy atom. The molecule has 1 saturated carbocycles. The number of hydrogen-bond acceptors (Lipinski definition) is 5. The summed E-state index contributed by atoms with van der Waals surface area (Å²) in [6.07, 6.45) is -1.94. The maximum Gasteiger partial charge on any atom is 0.417 e. The molecule has 0 aromatic rings. The van der Waals surface area contributed by atoms with E-state index in [1.54, 1.807) is 6.92 Å². The molecule has 4 aliphatic rings. The highest BCUT2D eigenvalue weighted by Gasteiger charge is 2.52. The van der Waals surface area contributed by atoms with Crippen molar-refractivity contribution in [2.45, 2.75) is 69.5 Å². The maximum atomic E-state index is 12.9. The van der Waals surface area contributed by atoms with Crippen molar-refractivity contribution < 1.29 is 37.8 Å². The molecule has 3 N–H and O–H groups in total. The van der Waals surface area contributed by atoms with Crippen LogP contribution in [0.5, 0.6) is 0 Å². The van der Waals surface area contributed by atoms with Crippen molar-refractivity contribution in [3.8, 4) is 0 Å². The zero-order chi connectivity index (χ0) is 27.1. The van der Waals surface area contributed by atoms with E-state index in [0.717, 1.165) is 25.3 Å². The zero-order valence-corrected chi connectivity index (χ0v) is 21.3. The number of nitrogens with one attached hydrogen (secondary N) is 1. The van der Waals surface area contributed by atoms with E-state index >= 15 is 0 Å². The van der Waals surface area contributed by atoms with Crippen molar-refractivity contribution in [2.75, 3.05) is 32.7 Å². The molecule has 0 aromatic carbocycles. The molecule has 1 unspecified atom stereocenters. The highest BCUT2D eigenvalue weighted by atomic mass is 35.5. The summed E-state index contributed by atoms with van der Waals surface area (Å²) < 4.78 is 38.8. The summed E-state index contributed by atoms with van der Waals surface area (Å²) in [5, 5.41) is 22.9. The minimum Gasteiger partial charge on any atom is -0.391 e. The molecular weight excluding hydrogens is 517 g/mol. The Kier molecular flexibility index (Phi) is 7.83. The third kappa shape index (κ3) is 5.91. The van der Waals surface area contributed by atoms with Crippen LogP contribution in [0.4, 0.5) is 18.0 Å². The van der Waals surface area contributed by atoms with Crippen LogP contribution in [0.3, 0.4) is 0 Å². The van der Waals surface area contributed by atoms with Gasteiger partial charge < -0.3 is 30.2 Å². The SMILES string of the molecule is C[C@H]1C(=O)N(CC[C@H](O)C(=O)N2CCC3(CC3)[C@H](O)C2)CCN1C(=O)NC1C=CC(C(F)(F)F)=C(Cl)C1. The summed E-state index contributed by atoms with van der Waals surface area (Å²) in [6, 6.07) is -2.17. The van der Waals surface area contributed by atoms with Gasteiger partial charge in [-0.15, -0.1) is 0 Å². The molecule has 0 bridgehead atoms. The van der Waals surface area contributed by atoms with Gasteiger partial charge in [0.15, 0.2) is 0 Å². The standard InChI is InChI=1S/C24H32ClF3N4O5/c1-14-20(35)30(8-4-18(33)21(36)31-9-7-23(5-6-23)19(34)13-31)10-11-32(14)22(37)29-15-2-3-16(17(25)12-15)24(26,27)28/h2-3,14-15,18-19,33-34H,4-13H2,1H3,(H,29,37)/t14-,15?,18-,19+/m0/s1. The summed E-state index contributed by atoms with van der Waals surface area (Å²) in [4.78, 5) is 42.5. The molecule has 4 rings (SSSR count). The van der Waals surface area contributed by atoms with Crippen molar-refractivity contribution in [3.63, 3.8) is 0 Å². The van der Waals surface area contributed by atoms with Gasteiger partial charge >= 0.3 is 12.2 Å². The van der Waals surface area contributed by atoms with Gasteiger partial charge in [-0.2, -0.15) is 13.2 Å². The number of aliphatic hydroxyl groups is 2. The number of piperazine rings is 1. The van der Waals surface area contributed by atoms with Gasteiger partial charge in [-0.3, -0.25) is 9.59 Å². The Hall–Kier alpha value is -2.31. The number of halogens is 4. The van der Waals surface area contributed by atoms with E-state index in [1.807, 2.05) is 0 Å². The van der Waals surface area contributed by atoms with Crippen LogP contribution in [0.1, 0.15) is 39.0 Å². The van der Waals surface area contributed by atoms with Crippen LogP contribution in [0.2, 0.25) is 0 Å². The summed E-state index contributed by atoms with van der Waals surface area (Å²) >= 11 is 5.78. The molecule has 0 radical (unpaired) electrons. The summed E-state index contributed by atoms with van der Waals surface area (Å²) in [6.45, 7) is 2.72. The lowest BCUT2D eigenvalue weighted by molar-refractivity contribution is -0.147. The summed E-state index contributed by atoms with van der Waals surface area (Å²) in [5.41, 5.74) is -1.00. The van der Waals surface area contributed by atoms with Crippen LogP contribution in [0, 0.1) is 5.41 Å². The number of amides is 4. The van der Waals surface area contributed by atoms with Crippen LogP contribution < -0.4 is 5.32 Å². The number of carbonyl (C=O) groups is 3. The van der Waals surface area contributed by atoms with E-state index in [4.69, 9.17) is 11.6 Å². The van der Waals surface area contributed by atoms with Gasteiger partial charge in [0, 0.05) is 44.2 Å². The van der Waals surface area contributed by atoms with Gasteiger partial charge in [-0.1, -0.05) is 23.8 Å². The third-order valence-electron chi connectivity index (χ3n) is 7.95. The first-order valence-corrected chi connectivity index (χ1v) is 12.8. The molecule has 4 atom stereocenters. The maximum absolute atomic E-state index is 12.9. The van der Waals surface area contributed by atoms with Gasteiger partial charge in [0.05, 0.1) is 17.7 Å². The summed E-state index contributed by atoms with van der Waals surface area (Å²) in [7, 11) is 0. The first kappa shape index (κ1) is 27.7. The number of carbonyl (C=O) groups excluding carboxylic acids is 3. The number of nitrogens with zero attached hydrogens (tertiary/aromatic N) is 3. The second-order valence-electron chi connectivity index (χ2n) is 10.3. The van der Waals surface area contributed by atoms with Gasteiger partial charge in [-0.25, -0.2) is 4.79 Å². The normalized spacial score (nSPS) is 28.6. The lowest BCUT2D eigenvalue weighted by Gasteiger charge is -2.40. The van der Waals surface area contributed by atoms with Crippen molar-refractivity contribution in [3.05, 3.63) is 22.8 Å². The molecule has 4 amide bonds. The Balaban J connectivity index is 1.24. The molecule has 2 aliphatic heterocycles. The molecule has 37 heavy (non-hydrogen) atoms. The topological polar surface area (TPSA) is 113 Å². The second kappa shape index (κ2) is 10.5. The molecule has 206 valence electrons. The predicted molar refractivity (Wildman–Crippen MR) is 127 cm³/mol. The zero-order valence-electron chi connectivity index (χ0n) is 20.5. The Labute approximate surface area is 217 Å². The van der Waals surface area contributed by atoms with Crippen LogP contribution >= 0.6 is 11.6 Å². The van der Waals surface area contributed by atoms with E-state index < -0.39 is 53.0 Å². The molecule has 3 fully saturated rings. The van der Waals surface area contributed by atoms with Crippen LogP contribution in [-0.2, 0) is 9.59 Å². The monoisotopic (exact) mass is 548 g/mol. The van der Waals surface area contributed by atoms with Gasteiger partial charge in [0.2, 0.25) is 5.91 Å². The lowest BCUT2D eigenvalue weighted by Crippen LogP contribution is -2.60. The Bertz CT molecular complexity index is 999. The van der Waals surface area contributed by atoms with Gasteiger partial charge in [-0.05, 0) is 38.0 Å². The number of urea groups is 1. The Morgan fingerprint density at radius 1 is 1.24 bits per heavy atom.